The average Bonchev–Trinajstić information content (AvgIpc) is 2.37. The van der Waals surface area contributed by atoms with Gasteiger partial charge in [-0.1, -0.05) is 0 Å². The second-order valence-electron chi connectivity index (χ2n) is 2.83. The van der Waals surface area contributed by atoms with E-state index in [4.69, 9.17) is 5.14 Å². The summed E-state index contributed by atoms with van der Waals surface area (Å²) >= 11 is 0. The number of nitrogens with two attached hydrogens (primary N) is 1. The molecule has 0 atom stereocenters. The van der Waals surface area contributed by atoms with Crippen molar-refractivity contribution < 1.29 is 8.42 Å². The number of aryl methyl sites for hydroxylation is 1. The molecule has 1 aromatic rings. The third-order valence-corrected chi connectivity index (χ3v) is 2.95. The van der Waals surface area contributed by atoms with Gasteiger partial charge in [0, 0.05) is 6.54 Å². The molecule has 0 fully saturated rings. The lowest BCUT2D eigenvalue weighted by atomic mass is 10.3. The monoisotopic (exact) mass is 187 g/mol. The van der Waals surface area contributed by atoms with E-state index < -0.39 is 10.0 Å². The zero-order valence-corrected chi connectivity index (χ0v) is 7.21. The van der Waals surface area contributed by atoms with Crippen LogP contribution in [0.25, 0.3) is 0 Å². The Balaban J connectivity index is 2.61. The van der Waals surface area contributed by atoms with Crippen LogP contribution in [0.5, 0.6) is 0 Å². The molecule has 2 N–H and O–H groups in total. The van der Waals surface area contributed by atoms with E-state index >= 15 is 0 Å². The quantitative estimate of drug-likeness (QED) is 0.642. The van der Waals surface area contributed by atoms with E-state index in [1.54, 1.807) is 4.68 Å². The lowest BCUT2D eigenvalue weighted by molar-refractivity contribution is 0.596. The Labute approximate surface area is 70.2 Å². The third-order valence-electron chi connectivity index (χ3n) is 2.00. The van der Waals surface area contributed by atoms with Gasteiger partial charge in [0.05, 0.1) is 11.9 Å². The molecule has 0 bridgehead atoms. The second-order valence-corrected chi connectivity index (χ2v) is 4.36. The lowest BCUT2D eigenvalue weighted by Gasteiger charge is -1.95. The second kappa shape index (κ2) is 2.30. The molecule has 66 valence electrons. The standard InChI is InChI=1S/C6H9N3O2S/c7-12(10,11)6-4-8-9-3-1-2-5(6)9/h4H,1-3H2,(H2,7,10,11). The van der Waals surface area contributed by atoms with Crippen LogP contribution in [0, 0.1) is 0 Å². The van der Waals surface area contributed by atoms with E-state index in [0.717, 1.165) is 25.1 Å². The van der Waals surface area contributed by atoms with Gasteiger partial charge in [0.1, 0.15) is 4.90 Å². The molecule has 0 unspecified atom stereocenters. The minimum Gasteiger partial charge on any atom is -0.268 e. The highest BCUT2D eigenvalue weighted by Gasteiger charge is 2.22. The molecule has 12 heavy (non-hydrogen) atoms. The Hall–Kier alpha value is -0.880. The predicted octanol–water partition coefficient (Wildman–Crippen LogP) is -0.523. The van der Waals surface area contributed by atoms with Crippen molar-refractivity contribution >= 4 is 10.0 Å². The van der Waals surface area contributed by atoms with Crippen molar-refractivity contribution in [1.29, 1.82) is 0 Å². The SMILES string of the molecule is NS(=O)(=O)c1cnn2c1CCC2. The third kappa shape index (κ3) is 1.03. The van der Waals surface area contributed by atoms with Crippen LogP contribution in [-0.4, -0.2) is 18.2 Å². The molecule has 0 radical (unpaired) electrons. The van der Waals surface area contributed by atoms with Gasteiger partial charge in [-0.15, -0.1) is 0 Å². The van der Waals surface area contributed by atoms with Gasteiger partial charge in [0.15, 0.2) is 0 Å². The topological polar surface area (TPSA) is 78.0 Å². The van der Waals surface area contributed by atoms with Crippen molar-refractivity contribution in [3.63, 3.8) is 0 Å². The lowest BCUT2D eigenvalue weighted by Crippen LogP contribution is -2.13. The van der Waals surface area contributed by atoms with Crippen LogP contribution >= 0.6 is 0 Å². The van der Waals surface area contributed by atoms with E-state index in [-0.39, 0.29) is 4.90 Å². The molecule has 1 aliphatic rings. The summed E-state index contributed by atoms with van der Waals surface area (Å²) in [6.07, 6.45) is 3.03. The van der Waals surface area contributed by atoms with E-state index in [9.17, 15) is 8.42 Å². The van der Waals surface area contributed by atoms with E-state index in [2.05, 4.69) is 5.10 Å². The number of primary sulfonamides is 1. The van der Waals surface area contributed by atoms with Crippen molar-refractivity contribution in [2.24, 2.45) is 5.14 Å². The highest BCUT2D eigenvalue weighted by molar-refractivity contribution is 7.89. The van der Waals surface area contributed by atoms with Crippen LogP contribution in [-0.2, 0) is 23.0 Å². The zero-order chi connectivity index (χ0) is 8.77. The van der Waals surface area contributed by atoms with Crippen molar-refractivity contribution in [2.45, 2.75) is 24.3 Å². The molecule has 1 aliphatic heterocycles. The predicted molar refractivity (Wildman–Crippen MR) is 41.9 cm³/mol. The number of hydrogen-bond donors (Lipinski definition) is 1. The number of nitrogens with zero attached hydrogens (tertiary/aromatic N) is 2. The van der Waals surface area contributed by atoms with E-state index in [1.165, 1.54) is 6.20 Å². The summed E-state index contributed by atoms with van der Waals surface area (Å²) in [5.74, 6) is 0. The fourth-order valence-electron chi connectivity index (χ4n) is 1.47. The highest BCUT2D eigenvalue weighted by Crippen LogP contribution is 2.20. The Morgan fingerprint density at radius 2 is 2.33 bits per heavy atom. The van der Waals surface area contributed by atoms with Gasteiger partial charge in [-0.05, 0) is 12.8 Å². The number of sulfonamides is 1. The van der Waals surface area contributed by atoms with E-state index in [0.29, 0.717) is 0 Å². The van der Waals surface area contributed by atoms with Gasteiger partial charge >= 0.3 is 0 Å². The summed E-state index contributed by atoms with van der Waals surface area (Å²) in [5.41, 5.74) is 0.748. The maximum Gasteiger partial charge on any atom is 0.241 e. The fourth-order valence-corrected chi connectivity index (χ4v) is 2.20. The molecule has 0 aliphatic carbocycles. The van der Waals surface area contributed by atoms with Crippen molar-refractivity contribution in [3.05, 3.63) is 11.9 Å². The van der Waals surface area contributed by atoms with Gasteiger partial charge in [-0.3, -0.25) is 4.68 Å². The number of aromatic nitrogens is 2. The summed E-state index contributed by atoms with van der Waals surface area (Å²) in [7, 11) is -3.57. The summed E-state index contributed by atoms with van der Waals surface area (Å²) in [5, 5.41) is 8.91. The summed E-state index contributed by atoms with van der Waals surface area (Å²) in [6.45, 7) is 0.796. The van der Waals surface area contributed by atoms with Crippen molar-refractivity contribution in [3.8, 4) is 0 Å². The molecule has 0 spiro atoms. The Morgan fingerprint density at radius 1 is 1.58 bits per heavy atom. The van der Waals surface area contributed by atoms with Crippen LogP contribution in [0.3, 0.4) is 0 Å². The van der Waals surface area contributed by atoms with Crippen LogP contribution in [0.4, 0.5) is 0 Å². The molecule has 0 saturated heterocycles. The smallest absolute Gasteiger partial charge is 0.241 e. The molecule has 0 saturated carbocycles. The Kier molecular flexibility index (Phi) is 1.49. The number of hydrogen-bond acceptors (Lipinski definition) is 3. The molecule has 1 aromatic heterocycles. The van der Waals surface area contributed by atoms with Crippen LogP contribution in [0.15, 0.2) is 11.1 Å². The zero-order valence-electron chi connectivity index (χ0n) is 6.40. The normalized spacial score (nSPS) is 16.4. The molecule has 6 heteroatoms. The molecule has 0 aromatic carbocycles. The summed E-state index contributed by atoms with van der Waals surface area (Å²) in [4.78, 5) is 0.181. The van der Waals surface area contributed by atoms with Gasteiger partial charge in [0.25, 0.3) is 0 Å². The van der Waals surface area contributed by atoms with Gasteiger partial charge in [-0.25, -0.2) is 13.6 Å². The van der Waals surface area contributed by atoms with Gasteiger partial charge in [-0.2, -0.15) is 5.10 Å². The van der Waals surface area contributed by atoms with Crippen LogP contribution in [0.1, 0.15) is 12.1 Å². The summed E-state index contributed by atoms with van der Waals surface area (Å²) in [6, 6.07) is 0. The van der Waals surface area contributed by atoms with Crippen LogP contribution in [0.2, 0.25) is 0 Å². The summed E-state index contributed by atoms with van der Waals surface area (Å²) < 4.78 is 23.7. The van der Waals surface area contributed by atoms with Crippen molar-refractivity contribution in [2.75, 3.05) is 0 Å². The minimum atomic E-state index is -3.57. The first-order chi connectivity index (χ1) is 5.59. The largest absolute Gasteiger partial charge is 0.268 e. The highest BCUT2D eigenvalue weighted by atomic mass is 32.2. The fraction of sp³-hybridized carbons (Fsp3) is 0.500. The molecule has 2 heterocycles. The first kappa shape index (κ1) is 7.75. The average molecular weight is 187 g/mol. The Morgan fingerprint density at radius 3 is 3.00 bits per heavy atom. The Bertz CT molecular complexity index is 406. The maximum absolute atomic E-state index is 11.0. The number of fused-ring (bicyclic) bond motifs is 1. The van der Waals surface area contributed by atoms with Crippen molar-refractivity contribution in [1.82, 2.24) is 9.78 Å². The molecular formula is C6H9N3O2S. The van der Waals surface area contributed by atoms with Crippen LogP contribution < -0.4 is 5.14 Å². The maximum atomic E-state index is 11.0. The number of rotatable bonds is 1. The first-order valence-electron chi connectivity index (χ1n) is 3.66. The van der Waals surface area contributed by atoms with Gasteiger partial charge < -0.3 is 0 Å². The molecule has 5 nitrogen and oxygen atoms in total. The van der Waals surface area contributed by atoms with Gasteiger partial charge in [0.2, 0.25) is 10.0 Å². The minimum absolute atomic E-state index is 0.181. The first-order valence-corrected chi connectivity index (χ1v) is 5.21. The molecular weight excluding hydrogens is 178 g/mol. The molecule has 2 rings (SSSR count). The van der Waals surface area contributed by atoms with E-state index in [1.807, 2.05) is 0 Å². The molecule has 0 amide bonds.